The highest BCUT2D eigenvalue weighted by molar-refractivity contribution is 5.60. The van der Waals surface area contributed by atoms with Crippen LogP contribution < -0.4 is 5.73 Å². The van der Waals surface area contributed by atoms with E-state index in [1.165, 1.54) is 12.1 Å². The number of nitrogens with zero attached hydrogens (tertiary/aromatic N) is 1. The molecule has 0 atom stereocenters. The molecule has 0 saturated carbocycles. The maximum Gasteiger partial charge on any atom is 0.117 e. The fourth-order valence-corrected chi connectivity index (χ4v) is 0.948. The first-order chi connectivity index (χ1) is 5.15. The predicted molar refractivity (Wildman–Crippen MR) is 42.0 cm³/mol. The molecule has 56 valence electrons. The van der Waals surface area contributed by atoms with Gasteiger partial charge in [-0.15, -0.1) is 0 Å². The zero-order chi connectivity index (χ0) is 8.43. The van der Waals surface area contributed by atoms with Gasteiger partial charge in [-0.1, -0.05) is 0 Å². The number of benzene rings is 1. The molecule has 0 unspecified atom stereocenters. The zero-order valence-electron chi connectivity index (χ0n) is 6.13. The number of aryl methyl sites for hydroxylation is 1. The minimum Gasteiger partial charge on any atom is -0.508 e. The number of nitriles is 1. The Morgan fingerprint density at radius 2 is 2.18 bits per heavy atom. The van der Waals surface area contributed by atoms with Crippen molar-refractivity contribution < 1.29 is 5.11 Å². The maximum atomic E-state index is 9.02. The van der Waals surface area contributed by atoms with E-state index >= 15 is 0 Å². The molecule has 0 amide bonds. The fraction of sp³-hybridized carbons (Fsp3) is 0.125. The van der Waals surface area contributed by atoms with Gasteiger partial charge in [0.15, 0.2) is 0 Å². The average Bonchev–Trinajstić information content (AvgIpc) is 1.85. The first-order valence-corrected chi connectivity index (χ1v) is 3.14. The summed E-state index contributed by atoms with van der Waals surface area (Å²) in [5.41, 5.74) is 6.91. The van der Waals surface area contributed by atoms with Gasteiger partial charge in [0, 0.05) is 6.07 Å². The summed E-state index contributed by atoms with van der Waals surface area (Å²) >= 11 is 0. The standard InChI is InChI=1S/C8H8N2O/c1-5-2-6(11)3-8(10)7(5)4-9/h2-3,11H,10H2,1H3. The predicted octanol–water partition coefficient (Wildman–Crippen LogP) is 1.15. The van der Waals surface area contributed by atoms with Crippen LogP contribution in [-0.2, 0) is 0 Å². The molecular formula is C8H8N2O. The van der Waals surface area contributed by atoms with Crippen LogP contribution in [-0.4, -0.2) is 5.11 Å². The lowest BCUT2D eigenvalue weighted by Crippen LogP contribution is -1.92. The fourth-order valence-electron chi connectivity index (χ4n) is 0.948. The van der Waals surface area contributed by atoms with Crippen LogP contribution in [0.5, 0.6) is 5.75 Å². The highest BCUT2D eigenvalue weighted by atomic mass is 16.3. The van der Waals surface area contributed by atoms with Gasteiger partial charge in [0.25, 0.3) is 0 Å². The molecule has 11 heavy (non-hydrogen) atoms. The number of aromatic hydroxyl groups is 1. The van der Waals surface area contributed by atoms with E-state index in [1.807, 2.05) is 6.07 Å². The normalized spacial score (nSPS) is 9.09. The number of anilines is 1. The molecule has 1 aromatic carbocycles. The van der Waals surface area contributed by atoms with Gasteiger partial charge in [0.2, 0.25) is 0 Å². The van der Waals surface area contributed by atoms with Crippen molar-refractivity contribution in [2.45, 2.75) is 6.92 Å². The Morgan fingerprint density at radius 1 is 1.55 bits per heavy atom. The van der Waals surface area contributed by atoms with Crippen LogP contribution in [0.1, 0.15) is 11.1 Å². The van der Waals surface area contributed by atoms with Gasteiger partial charge < -0.3 is 10.8 Å². The van der Waals surface area contributed by atoms with Crippen LogP contribution in [0.2, 0.25) is 0 Å². The summed E-state index contributed by atoms with van der Waals surface area (Å²) < 4.78 is 0. The molecule has 0 radical (unpaired) electrons. The van der Waals surface area contributed by atoms with Crippen LogP contribution in [0.25, 0.3) is 0 Å². The molecule has 3 nitrogen and oxygen atoms in total. The van der Waals surface area contributed by atoms with E-state index in [-0.39, 0.29) is 5.75 Å². The van der Waals surface area contributed by atoms with E-state index in [0.29, 0.717) is 16.8 Å². The van der Waals surface area contributed by atoms with Crippen LogP contribution >= 0.6 is 0 Å². The van der Waals surface area contributed by atoms with Gasteiger partial charge in [-0.2, -0.15) is 5.26 Å². The SMILES string of the molecule is Cc1cc(O)cc(N)c1C#N. The van der Waals surface area contributed by atoms with Crippen molar-refractivity contribution in [3.05, 3.63) is 23.3 Å². The van der Waals surface area contributed by atoms with Crippen molar-refractivity contribution in [3.63, 3.8) is 0 Å². The summed E-state index contributed by atoms with van der Waals surface area (Å²) in [4.78, 5) is 0. The number of phenols is 1. The van der Waals surface area contributed by atoms with Gasteiger partial charge in [-0.25, -0.2) is 0 Å². The molecule has 0 bridgehead atoms. The van der Waals surface area contributed by atoms with E-state index in [0.717, 1.165) is 0 Å². The van der Waals surface area contributed by atoms with Crippen molar-refractivity contribution in [1.29, 1.82) is 5.26 Å². The molecule has 0 aliphatic rings. The lowest BCUT2D eigenvalue weighted by atomic mass is 10.1. The lowest BCUT2D eigenvalue weighted by Gasteiger charge is -2.01. The first kappa shape index (κ1) is 7.42. The Balaban J connectivity index is 3.40. The lowest BCUT2D eigenvalue weighted by molar-refractivity contribution is 0.475. The molecule has 0 saturated heterocycles. The van der Waals surface area contributed by atoms with Crippen molar-refractivity contribution >= 4 is 5.69 Å². The summed E-state index contributed by atoms with van der Waals surface area (Å²) in [6.07, 6.45) is 0. The minimum absolute atomic E-state index is 0.0963. The highest BCUT2D eigenvalue weighted by Gasteiger charge is 2.02. The number of hydrogen-bond donors (Lipinski definition) is 2. The molecule has 1 rings (SSSR count). The van der Waals surface area contributed by atoms with Crippen LogP contribution in [0.3, 0.4) is 0 Å². The average molecular weight is 148 g/mol. The quantitative estimate of drug-likeness (QED) is 0.542. The van der Waals surface area contributed by atoms with E-state index in [4.69, 9.17) is 16.1 Å². The zero-order valence-corrected chi connectivity index (χ0v) is 6.13. The molecule has 1 aromatic rings. The molecular weight excluding hydrogens is 140 g/mol. The summed E-state index contributed by atoms with van der Waals surface area (Å²) in [6.45, 7) is 1.73. The molecule has 0 aliphatic carbocycles. The maximum absolute atomic E-state index is 9.02. The molecule has 3 N–H and O–H groups in total. The summed E-state index contributed by atoms with van der Waals surface area (Å²) in [5, 5.41) is 17.6. The Hall–Kier alpha value is -1.69. The number of phenolic OH excluding ortho intramolecular Hbond substituents is 1. The van der Waals surface area contributed by atoms with Gasteiger partial charge in [-0.3, -0.25) is 0 Å². The molecule has 0 aromatic heterocycles. The third-order valence-corrected chi connectivity index (χ3v) is 1.46. The molecule has 0 aliphatic heterocycles. The largest absolute Gasteiger partial charge is 0.508 e. The first-order valence-electron chi connectivity index (χ1n) is 3.14. The summed E-state index contributed by atoms with van der Waals surface area (Å²) in [7, 11) is 0. The number of nitrogens with two attached hydrogens (primary N) is 1. The van der Waals surface area contributed by atoms with Crippen molar-refractivity contribution in [1.82, 2.24) is 0 Å². The van der Waals surface area contributed by atoms with Crippen LogP contribution in [0, 0.1) is 18.3 Å². The van der Waals surface area contributed by atoms with Crippen LogP contribution in [0.15, 0.2) is 12.1 Å². The molecule has 0 spiro atoms. The molecule has 0 fully saturated rings. The Labute approximate surface area is 64.7 Å². The number of hydrogen-bond acceptors (Lipinski definition) is 3. The second kappa shape index (κ2) is 2.51. The second-order valence-corrected chi connectivity index (χ2v) is 2.34. The van der Waals surface area contributed by atoms with Gasteiger partial charge in [0.05, 0.1) is 11.3 Å². The van der Waals surface area contributed by atoms with Crippen molar-refractivity contribution in [2.24, 2.45) is 0 Å². The Bertz CT molecular complexity index is 302. The Kier molecular flexibility index (Phi) is 1.69. The number of nitrogen functional groups attached to an aromatic ring is 1. The summed E-state index contributed by atoms with van der Waals surface area (Å²) in [6, 6.07) is 4.83. The van der Waals surface area contributed by atoms with Gasteiger partial charge >= 0.3 is 0 Å². The smallest absolute Gasteiger partial charge is 0.117 e. The van der Waals surface area contributed by atoms with Crippen molar-refractivity contribution in [2.75, 3.05) is 5.73 Å². The van der Waals surface area contributed by atoms with E-state index in [1.54, 1.807) is 6.92 Å². The van der Waals surface area contributed by atoms with E-state index in [2.05, 4.69) is 0 Å². The van der Waals surface area contributed by atoms with E-state index in [9.17, 15) is 0 Å². The summed E-state index contributed by atoms with van der Waals surface area (Å²) in [5.74, 6) is 0.0963. The minimum atomic E-state index is 0.0963. The third-order valence-electron chi connectivity index (χ3n) is 1.46. The Morgan fingerprint density at radius 3 is 2.64 bits per heavy atom. The third kappa shape index (κ3) is 1.24. The highest BCUT2D eigenvalue weighted by Crippen LogP contribution is 2.21. The van der Waals surface area contributed by atoms with Crippen molar-refractivity contribution in [3.8, 4) is 11.8 Å². The molecule has 3 heteroatoms. The topological polar surface area (TPSA) is 70.0 Å². The molecule has 0 heterocycles. The van der Waals surface area contributed by atoms with Gasteiger partial charge in [-0.05, 0) is 18.6 Å². The van der Waals surface area contributed by atoms with E-state index < -0.39 is 0 Å². The number of rotatable bonds is 0. The second-order valence-electron chi connectivity index (χ2n) is 2.34. The van der Waals surface area contributed by atoms with Gasteiger partial charge in [0.1, 0.15) is 11.8 Å². The van der Waals surface area contributed by atoms with Crippen LogP contribution in [0.4, 0.5) is 5.69 Å². The monoisotopic (exact) mass is 148 g/mol.